The van der Waals surface area contributed by atoms with Crippen LogP contribution >= 0.6 is 0 Å². The van der Waals surface area contributed by atoms with Crippen molar-refractivity contribution in [2.75, 3.05) is 52.4 Å². The zero-order valence-corrected chi connectivity index (χ0v) is 33.3. The molecule has 22 heteroatoms. The standard InChI is InChI=1S/C36H60N12O10/c1-21-35(57)47-15-7-11-25(47)33(55)41-19-29(51)46-24(10-4-6-14-38)32(54)40-18-28(50)44-22(2)36(58)48-16-8-12-26(48)34(56)42-20-30(52)45-23(9-3-5-13-37)31(53)39-17-27(49)43-21/h21-26H,3-20,37-38H2,1-2H3,(H,39,53)(H,40,54)(H,41,55)(H,42,56)(H,43,49)(H,44,50)(H,45,52)(H,46,51)/t21-,22-,23-,24-,25-,26-/m0/s1. The van der Waals surface area contributed by atoms with Crippen molar-refractivity contribution in [3.63, 3.8) is 0 Å². The first-order valence-electron chi connectivity index (χ1n) is 20.0. The van der Waals surface area contributed by atoms with Crippen LogP contribution in [0.25, 0.3) is 0 Å². The van der Waals surface area contributed by atoms with E-state index in [0.29, 0.717) is 64.5 Å². The lowest BCUT2D eigenvalue weighted by molar-refractivity contribution is -0.141. The minimum absolute atomic E-state index is 0.173. The van der Waals surface area contributed by atoms with Crippen molar-refractivity contribution in [3.05, 3.63) is 0 Å². The third-order valence-corrected chi connectivity index (χ3v) is 10.1. The molecular weight excluding hydrogens is 760 g/mol. The number of unbranched alkanes of at least 4 members (excludes halogenated alkanes) is 2. The van der Waals surface area contributed by atoms with Crippen molar-refractivity contribution >= 4 is 59.1 Å². The van der Waals surface area contributed by atoms with Crippen LogP contribution in [-0.2, 0) is 47.9 Å². The lowest BCUT2D eigenvalue weighted by atomic mass is 10.1. The highest BCUT2D eigenvalue weighted by Crippen LogP contribution is 2.20. The first-order valence-corrected chi connectivity index (χ1v) is 20.0. The largest absolute Gasteiger partial charge is 0.345 e. The second-order valence-electron chi connectivity index (χ2n) is 14.6. The summed E-state index contributed by atoms with van der Waals surface area (Å²) < 4.78 is 0. The molecule has 0 unspecified atom stereocenters. The van der Waals surface area contributed by atoms with Gasteiger partial charge in [-0.25, -0.2) is 0 Å². The van der Waals surface area contributed by atoms with Gasteiger partial charge < -0.3 is 63.8 Å². The molecule has 0 saturated carbocycles. The fourth-order valence-electron chi connectivity index (χ4n) is 6.98. The molecule has 3 fully saturated rings. The van der Waals surface area contributed by atoms with Gasteiger partial charge in [-0.1, -0.05) is 0 Å². The van der Waals surface area contributed by atoms with Crippen molar-refractivity contribution in [3.8, 4) is 0 Å². The molecule has 0 bridgehead atoms. The van der Waals surface area contributed by atoms with Gasteiger partial charge in [-0.2, -0.15) is 0 Å². The summed E-state index contributed by atoms with van der Waals surface area (Å²) in [6, 6.07) is -6.22. The van der Waals surface area contributed by atoms with Crippen molar-refractivity contribution < 1.29 is 47.9 Å². The number of carbonyl (C=O) groups is 10. The Balaban J connectivity index is 1.78. The molecule has 0 aromatic rings. The minimum atomic E-state index is -1.09. The predicted molar refractivity (Wildman–Crippen MR) is 206 cm³/mol. The van der Waals surface area contributed by atoms with Crippen LogP contribution in [0.15, 0.2) is 0 Å². The lowest BCUT2D eigenvalue weighted by Crippen LogP contribution is -2.56. The van der Waals surface area contributed by atoms with E-state index in [1.54, 1.807) is 0 Å². The molecule has 0 aliphatic carbocycles. The second-order valence-corrected chi connectivity index (χ2v) is 14.6. The van der Waals surface area contributed by atoms with Crippen LogP contribution in [-0.4, -0.2) is 157 Å². The number of fused-ring (bicyclic) bond motifs is 2. The van der Waals surface area contributed by atoms with Gasteiger partial charge in [0.2, 0.25) is 59.1 Å². The zero-order valence-electron chi connectivity index (χ0n) is 33.3. The average molecular weight is 821 g/mol. The summed E-state index contributed by atoms with van der Waals surface area (Å²) in [7, 11) is 0. The number of carbonyl (C=O) groups excluding carboxylic acids is 10. The molecule has 6 atom stereocenters. The minimum Gasteiger partial charge on any atom is -0.345 e. The highest BCUT2D eigenvalue weighted by Gasteiger charge is 2.38. The SMILES string of the molecule is C[C@@H]1NC(=O)CNC(=O)[C@H](CCCCN)NC(=O)CNC(=O)[C@@H]2CCCN2C(=O)[C@H](C)NC(=O)CNC(=O)[C@H](CCCCN)NC(=O)CNC(=O)[C@@H]2CCCN2C1=O. The number of nitrogens with two attached hydrogens (primary N) is 2. The van der Waals surface area contributed by atoms with Crippen LogP contribution in [0, 0.1) is 0 Å². The third kappa shape index (κ3) is 14.5. The van der Waals surface area contributed by atoms with E-state index in [2.05, 4.69) is 42.5 Å². The molecule has 0 aromatic heterocycles. The van der Waals surface area contributed by atoms with Crippen molar-refractivity contribution in [2.45, 2.75) is 114 Å². The number of hydrogen-bond acceptors (Lipinski definition) is 12. The molecule has 3 aliphatic rings. The van der Waals surface area contributed by atoms with Gasteiger partial charge in [0, 0.05) is 13.1 Å². The molecule has 3 aliphatic heterocycles. The number of hydrogen-bond donors (Lipinski definition) is 10. The highest BCUT2D eigenvalue weighted by molar-refractivity contribution is 5.97. The first kappa shape index (κ1) is 47.0. The monoisotopic (exact) mass is 820 g/mol. The Morgan fingerprint density at radius 3 is 1.16 bits per heavy atom. The van der Waals surface area contributed by atoms with E-state index < -0.39 is 122 Å². The van der Waals surface area contributed by atoms with Crippen LogP contribution in [0.4, 0.5) is 0 Å². The zero-order chi connectivity index (χ0) is 42.8. The molecule has 0 spiro atoms. The van der Waals surface area contributed by atoms with E-state index in [4.69, 9.17) is 11.5 Å². The van der Waals surface area contributed by atoms with E-state index in [1.165, 1.54) is 23.6 Å². The molecule has 3 rings (SSSR count). The van der Waals surface area contributed by atoms with Gasteiger partial charge in [0.15, 0.2) is 0 Å². The Labute approximate surface area is 337 Å². The summed E-state index contributed by atoms with van der Waals surface area (Å²) in [5.41, 5.74) is 11.2. The number of rotatable bonds is 8. The van der Waals surface area contributed by atoms with Gasteiger partial charge in [0.25, 0.3) is 0 Å². The van der Waals surface area contributed by atoms with Gasteiger partial charge in [-0.05, 0) is 91.1 Å². The van der Waals surface area contributed by atoms with Gasteiger partial charge in [0.1, 0.15) is 36.3 Å². The number of amides is 10. The summed E-state index contributed by atoms with van der Waals surface area (Å²) in [6.45, 7) is 1.85. The van der Waals surface area contributed by atoms with Gasteiger partial charge in [-0.15, -0.1) is 0 Å². The normalized spacial score (nSPS) is 27.2. The van der Waals surface area contributed by atoms with Crippen LogP contribution < -0.4 is 54.0 Å². The Kier molecular flexibility index (Phi) is 19.2. The van der Waals surface area contributed by atoms with Crippen LogP contribution in [0.5, 0.6) is 0 Å². The molecule has 3 saturated heterocycles. The van der Waals surface area contributed by atoms with Crippen LogP contribution in [0.3, 0.4) is 0 Å². The molecule has 0 radical (unpaired) electrons. The Morgan fingerprint density at radius 1 is 0.483 bits per heavy atom. The predicted octanol–water partition coefficient (Wildman–Crippen LogP) is -5.32. The Morgan fingerprint density at radius 2 is 0.810 bits per heavy atom. The van der Waals surface area contributed by atoms with Gasteiger partial charge in [-0.3, -0.25) is 47.9 Å². The molecule has 58 heavy (non-hydrogen) atoms. The molecule has 3 heterocycles. The summed E-state index contributed by atoms with van der Waals surface area (Å²) in [6.07, 6.45) is 3.93. The summed E-state index contributed by atoms with van der Waals surface area (Å²) in [4.78, 5) is 133. The van der Waals surface area contributed by atoms with Gasteiger partial charge in [0.05, 0.1) is 26.2 Å². The molecular formula is C36H60N12O10. The van der Waals surface area contributed by atoms with Crippen molar-refractivity contribution in [1.82, 2.24) is 52.3 Å². The molecule has 12 N–H and O–H groups in total. The molecule has 10 amide bonds. The number of nitrogens with one attached hydrogen (secondary N) is 8. The maximum absolute atomic E-state index is 13.3. The smallest absolute Gasteiger partial charge is 0.245 e. The van der Waals surface area contributed by atoms with E-state index >= 15 is 0 Å². The van der Waals surface area contributed by atoms with Crippen LogP contribution in [0.2, 0.25) is 0 Å². The van der Waals surface area contributed by atoms with E-state index in [-0.39, 0.29) is 25.9 Å². The van der Waals surface area contributed by atoms with E-state index in [9.17, 15) is 47.9 Å². The van der Waals surface area contributed by atoms with E-state index in [1.807, 2.05) is 0 Å². The first-order chi connectivity index (χ1) is 27.7. The Bertz CT molecular complexity index is 1420. The van der Waals surface area contributed by atoms with E-state index in [0.717, 1.165) is 0 Å². The lowest BCUT2D eigenvalue weighted by Gasteiger charge is -2.27. The topological polar surface area (TPSA) is 325 Å². The average Bonchev–Trinajstić information content (AvgIpc) is 3.90. The fraction of sp³-hybridized carbons (Fsp3) is 0.722. The highest BCUT2D eigenvalue weighted by atomic mass is 16.2. The quantitative estimate of drug-likeness (QED) is 0.103. The number of nitrogens with zero attached hydrogens (tertiary/aromatic N) is 2. The summed E-state index contributed by atoms with van der Waals surface area (Å²) in [5.74, 6) is -6.53. The Hall–Kier alpha value is -5.38. The summed E-state index contributed by atoms with van der Waals surface area (Å²) in [5, 5.41) is 20.1. The second kappa shape index (κ2) is 23.8. The molecule has 0 aromatic carbocycles. The molecule has 22 nitrogen and oxygen atoms in total. The fourth-order valence-corrected chi connectivity index (χ4v) is 6.98. The third-order valence-electron chi connectivity index (χ3n) is 10.1. The maximum Gasteiger partial charge on any atom is 0.245 e. The molecule has 324 valence electrons. The maximum atomic E-state index is 13.3. The van der Waals surface area contributed by atoms with Crippen molar-refractivity contribution in [1.29, 1.82) is 0 Å². The van der Waals surface area contributed by atoms with Crippen LogP contribution in [0.1, 0.15) is 78.1 Å². The van der Waals surface area contributed by atoms with Gasteiger partial charge >= 0.3 is 0 Å². The van der Waals surface area contributed by atoms with Crippen molar-refractivity contribution in [2.24, 2.45) is 11.5 Å². The summed E-state index contributed by atoms with van der Waals surface area (Å²) >= 11 is 0.